The van der Waals surface area contributed by atoms with Gasteiger partial charge in [0.15, 0.2) is 0 Å². The first-order valence-electron chi connectivity index (χ1n) is 4.14. The van der Waals surface area contributed by atoms with Gasteiger partial charge in [0.1, 0.15) is 0 Å². The summed E-state index contributed by atoms with van der Waals surface area (Å²) in [7, 11) is 0. The predicted octanol–water partition coefficient (Wildman–Crippen LogP) is 1.94. The molecular weight excluding hydrogens is 122 g/mol. The Hall–Kier alpha value is -0.300. The lowest BCUT2D eigenvalue weighted by molar-refractivity contribution is 0.590. The highest BCUT2D eigenvalue weighted by Gasteiger charge is 2.30. The Bertz CT molecular complexity index is 147. The summed E-state index contributed by atoms with van der Waals surface area (Å²) in [6.07, 6.45) is 3.55. The molecule has 1 aliphatic rings. The summed E-state index contributed by atoms with van der Waals surface area (Å²) in [5, 5.41) is 0. The van der Waals surface area contributed by atoms with E-state index in [2.05, 4.69) is 26.8 Å². The molecule has 1 nitrogen and oxygen atoms in total. The molecule has 0 amide bonds. The summed E-state index contributed by atoms with van der Waals surface area (Å²) in [6, 6.07) is 0.337. The van der Waals surface area contributed by atoms with Crippen LogP contribution < -0.4 is 5.73 Å². The Balaban J connectivity index is 2.30. The lowest BCUT2D eigenvalue weighted by Gasteiger charge is -2.08. The highest BCUT2D eigenvalue weighted by Crippen LogP contribution is 2.38. The summed E-state index contributed by atoms with van der Waals surface area (Å²) in [5.74, 6) is 1.39. The van der Waals surface area contributed by atoms with Gasteiger partial charge >= 0.3 is 0 Å². The monoisotopic (exact) mass is 139 g/mol. The second kappa shape index (κ2) is 2.75. The molecule has 1 aliphatic carbocycles. The van der Waals surface area contributed by atoms with Gasteiger partial charge in [0, 0.05) is 12.0 Å². The molecule has 0 saturated carbocycles. The van der Waals surface area contributed by atoms with Crippen molar-refractivity contribution < 1.29 is 0 Å². The molecular formula is C9H17N. The van der Waals surface area contributed by atoms with Crippen LogP contribution in [0.5, 0.6) is 0 Å². The number of hydrogen-bond donors (Lipinski definition) is 1. The molecule has 0 aromatic heterocycles. The van der Waals surface area contributed by atoms with Crippen molar-refractivity contribution in [1.29, 1.82) is 0 Å². The topological polar surface area (TPSA) is 26.0 Å². The van der Waals surface area contributed by atoms with E-state index in [1.54, 1.807) is 5.57 Å². The Morgan fingerprint density at radius 1 is 1.60 bits per heavy atom. The van der Waals surface area contributed by atoms with Crippen molar-refractivity contribution in [2.45, 2.75) is 33.2 Å². The van der Waals surface area contributed by atoms with Gasteiger partial charge in [-0.1, -0.05) is 25.5 Å². The van der Waals surface area contributed by atoms with Gasteiger partial charge in [-0.15, -0.1) is 0 Å². The molecule has 2 N–H and O–H groups in total. The fourth-order valence-corrected chi connectivity index (χ4v) is 1.34. The van der Waals surface area contributed by atoms with Crippen LogP contribution in [0.3, 0.4) is 0 Å². The van der Waals surface area contributed by atoms with Crippen molar-refractivity contribution >= 4 is 0 Å². The van der Waals surface area contributed by atoms with Gasteiger partial charge in [-0.3, -0.25) is 0 Å². The molecule has 0 spiro atoms. The highest BCUT2D eigenvalue weighted by atomic mass is 14.7. The molecule has 0 radical (unpaired) electrons. The lowest BCUT2D eigenvalue weighted by atomic mass is 10.0. The normalized spacial score (nSPS) is 29.2. The summed E-state index contributed by atoms with van der Waals surface area (Å²) in [6.45, 7) is 6.58. The van der Waals surface area contributed by atoms with Crippen molar-refractivity contribution in [3.05, 3.63) is 11.6 Å². The van der Waals surface area contributed by atoms with Crippen LogP contribution in [0.2, 0.25) is 0 Å². The first-order valence-corrected chi connectivity index (χ1v) is 4.14. The Kier molecular flexibility index (Phi) is 2.14. The van der Waals surface area contributed by atoms with Gasteiger partial charge < -0.3 is 5.73 Å². The predicted molar refractivity (Wildman–Crippen MR) is 44.7 cm³/mol. The molecule has 3 unspecified atom stereocenters. The Morgan fingerprint density at radius 2 is 2.20 bits per heavy atom. The maximum Gasteiger partial charge on any atom is 0.0132 e. The molecule has 0 fully saturated rings. The molecule has 0 bridgehead atoms. The fraction of sp³-hybridized carbons (Fsp3) is 0.778. The minimum Gasteiger partial charge on any atom is -0.327 e. The molecule has 0 aromatic rings. The van der Waals surface area contributed by atoms with Crippen LogP contribution in [0.25, 0.3) is 0 Å². The molecule has 0 heterocycles. The van der Waals surface area contributed by atoms with E-state index in [4.69, 9.17) is 5.73 Å². The van der Waals surface area contributed by atoms with E-state index in [0.29, 0.717) is 12.0 Å². The molecule has 0 aliphatic heterocycles. The second-order valence-corrected chi connectivity index (χ2v) is 3.36. The van der Waals surface area contributed by atoms with E-state index >= 15 is 0 Å². The quantitative estimate of drug-likeness (QED) is 0.594. The third-order valence-electron chi connectivity index (χ3n) is 2.40. The minimum atomic E-state index is 0.337. The van der Waals surface area contributed by atoms with Gasteiger partial charge in [-0.2, -0.15) is 0 Å². The van der Waals surface area contributed by atoms with Gasteiger partial charge in [-0.25, -0.2) is 0 Å². The van der Waals surface area contributed by atoms with Crippen molar-refractivity contribution in [3.8, 4) is 0 Å². The number of nitrogens with two attached hydrogens (primary N) is 1. The summed E-state index contributed by atoms with van der Waals surface area (Å²) in [4.78, 5) is 0. The van der Waals surface area contributed by atoms with Crippen LogP contribution in [0.15, 0.2) is 11.6 Å². The molecule has 1 rings (SSSR count). The Labute approximate surface area is 63.3 Å². The van der Waals surface area contributed by atoms with Crippen LogP contribution in [-0.2, 0) is 0 Å². The average Bonchev–Trinajstić information content (AvgIpc) is 2.64. The van der Waals surface area contributed by atoms with Crippen LogP contribution in [0, 0.1) is 11.8 Å². The minimum absolute atomic E-state index is 0.337. The van der Waals surface area contributed by atoms with Crippen molar-refractivity contribution in [3.63, 3.8) is 0 Å². The summed E-state index contributed by atoms with van der Waals surface area (Å²) < 4.78 is 0. The van der Waals surface area contributed by atoms with E-state index in [1.165, 1.54) is 6.42 Å². The SMILES string of the molecule is CCC(C)C1=CC1C(C)N. The van der Waals surface area contributed by atoms with E-state index in [1.807, 2.05) is 0 Å². The molecule has 58 valence electrons. The maximum absolute atomic E-state index is 5.73. The van der Waals surface area contributed by atoms with Crippen molar-refractivity contribution in [1.82, 2.24) is 0 Å². The first kappa shape index (κ1) is 7.80. The highest BCUT2D eigenvalue weighted by molar-refractivity contribution is 5.33. The third-order valence-corrected chi connectivity index (χ3v) is 2.40. The average molecular weight is 139 g/mol. The zero-order valence-corrected chi connectivity index (χ0v) is 7.09. The van der Waals surface area contributed by atoms with Gasteiger partial charge in [0.05, 0.1) is 0 Å². The van der Waals surface area contributed by atoms with Crippen LogP contribution in [-0.4, -0.2) is 6.04 Å². The van der Waals surface area contributed by atoms with E-state index in [9.17, 15) is 0 Å². The molecule has 1 heteroatoms. The zero-order valence-electron chi connectivity index (χ0n) is 7.09. The third kappa shape index (κ3) is 1.40. The maximum atomic E-state index is 5.73. The van der Waals surface area contributed by atoms with Crippen LogP contribution in [0.1, 0.15) is 27.2 Å². The summed E-state index contributed by atoms with van der Waals surface area (Å²) >= 11 is 0. The fourth-order valence-electron chi connectivity index (χ4n) is 1.34. The van der Waals surface area contributed by atoms with E-state index < -0.39 is 0 Å². The smallest absolute Gasteiger partial charge is 0.0132 e. The van der Waals surface area contributed by atoms with E-state index in [-0.39, 0.29) is 0 Å². The van der Waals surface area contributed by atoms with Crippen molar-refractivity contribution in [2.75, 3.05) is 0 Å². The summed E-state index contributed by atoms with van der Waals surface area (Å²) in [5.41, 5.74) is 7.31. The number of rotatable bonds is 3. The standard InChI is InChI=1S/C9H17N/c1-4-6(2)8-5-9(8)7(3)10/h5-7,9H,4,10H2,1-3H3. The second-order valence-electron chi connectivity index (χ2n) is 3.36. The van der Waals surface area contributed by atoms with E-state index in [0.717, 1.165) is 5.92 Å². The van der Waals surface area contributed by atoms with Crippen LogP contribution >= 0.6 is 0 Å². The van der Waals surface area contributed by atoms with Gasteiger partial charge in [0.2, 0.25) is 0 Å². The largest absolute Gasteiger partial charge is 0.327 e. The van der Waals surface area contributed by atoms with Gasteiger partial charge in [0.25, 0.3) is 0 Å². The number of hydrogen-bond acceptors (Lipinski definition) is 1. The molecule has 10 heavy (non-hydrogen) atoms. The van der Waals surface area contributed by atoms with Crippen molar-refractivity contribution in [2.24, 2.45) is 17.6 Å². The Morgan fingerprint density at radius 3 is 2.50 bits per heavy atom. The van der Waals surface area contributed by atoms with Gasteiger partial charge in [-0.05, 0) is 19.3 Å². The first-order chi connectivity index (χ1) is 4.66. The molecule has 0 aromatic carbocycles. The molecule has 3 atom stereocenters. The molecule has 0 saturated heterocycles. The lowest BCUT2D eigenvalue weighted by Crippen LogP contribution is -2.19. The zero-order chi connectivity index (χ0) is 7.72. The van der Waals surface area contributed by atoms with Crippen LogP contribution in [0.4, 0.5) is 0 Å².